The molecular formula is C18H22N2O6S. The fourth-order valence-electron chi connectivity index (χ4n) is 2.44. The van der Waals surface area contributed by atoms with Crippen LogP contribution >= 0.6 is 0 Å². The summed E-state index contributed by atoms with van der Waals surface area (Å²) in [5.74, 6) is 0.320. The number of benzene rings is 2. The van der Waals surface area contributed by atoms with Gasteiger partial charge in [-0.15, -0.1) is 0 Å². The fourth-order valence-corrected chi connectivity index (χ4v) is 3.52. The largest absolute Gasteiger partial charge is 0.495 e. The third-order valence-electron chi connectivity index (χ3n) is 3.97. The zero-order valence-corrected chi connectivity index (χ0v) is 16.6. The lowest BCUT2D eigenvalue weighted by molar-refractivity contribution is -0.386. The van der Waals surface area contributed by atoms with Crippen LogP contribution in [0.15, 0.2) is 41.3 Å². The minimum Gasteiger partial charge on any atom is -0.495 e. The van der Waals surface area contributed by atoms with Gasteiger partial charge in [-0.05, 0) is 35.2 Å². The van der Waals surface area contributed by atoms with Crippen molar-refractivity contribution < 1.29 is 22.8 Å². The predicted octanol–water partition coefficient (Wildman–Crippen LogP) is 3.71. The minimum atomic E-state index is -4.08. The van der Waals surface area contributed by atoms with E-state index in [1.165, 1.54) is 26.4 Å². The van der Waals surface area contributed by atoms with Gasteiger partial charge < -0.3 is 9.47 Å². The summed E-state index contributed by atoms with van der Waals surface area (Å²) in [6.07, 6.45) is 0. The summed E-state index contributed by atoms with van der Waals surface area (Å²) >= 11 is 0. The predicted molar refractivity (Wildman–Crippen MR) is 102 cm³/mol. The van der Waals surface area contributed by atoms with Crippen LogP contribution < -0.4 is 14.2 Å². The normalized spacial score (nSPS) is 11.7. The second-order valence-corrected chi connectivity index (χ2v) is 8.54. The average molecular weight is 394 g/mol. The van der Waals surface area contributed by atoms with Gasteiger partial charge in [-0.25, -0.2) is 8.42 Å². The van der Waals surface area contributed by atoms with Crippen LogP contribution in [0.1, 0.15) is 26.3 Å². The van der Waals surface area contributed by atoms with Crippen LogP contribution in [0.5, 0.6) is 11.5 Å². The van der Waals surface area contributed by atoms with E-state index in [4.69, 9.17) is 9.47 Å². The standard InChI is InChI=1S/C18H22N2O6S/c1-18(2,3)12-6-8-16(25-4)14(10-12)19-27(23,24)13-7-9-17(26-5)15(11-13)20(21)22/h6-11,19H,1-5H3. The lowest BCUT2D eigenvalue weighted by Crippen LogP contribution is -2.16. The van der Waals surface area contributed by atoms with E-state index in [9.17, 15) is 18.5 Å². The van der Waals surface area contributed by atoms with Crippen molar-refractivity contribution in [2.24, 2.45) is 0 Å². The molecule has 0 unspecified atom stereocenters. The molecule has 0 aromatic heterocycles. The Hall–Kier alpha value is -2.81. The molecule has 0 bridgehead atoms. The molecule has 0 radical (unpaired) electrons. The van der Waals surface area contributed by atoms with E-state index < -0.39 is 20.6 Å². The highest BCUT2D eigenvalue weighted by molar-refractivity contribution is 7.92. The van der Waals surface area contributed by atoms with Crippen molar-refractivity contribution in [3.8, 4) is 11.5 Å². The summed E-state index contributed by atoms with van der Waals surface area (Å²) in [5, 5.41) is 11.2. The molecule has 0 amide bonds. The topological polar surface area (TPSA) is 108 Å². The van der Waals surface area contributed by atoms with Crippen molar-refractivity contribution >= 4 is 21.4 Å². The van der Waals surface area contributed by atoms with E-state index in [0.29, 0.717) is 5.75 Å². The number of nitrogens with zero attached hydrogens (tertiary/aromatic N) is 1. The molecule has 0 aliphatic carbocycles. The van der Waals surface area contributed by atoms with Crippen molar-refractivity contribution in [1.82, 2.24) is 0 Å². The molecule has 2 rings (SSSR count). The molecule has 1 N–H and O–H groups in total. The Morgan fingerprint density at radius 2 is 1.59 bits per heavy atom. The molecule has 2 aromatic carbocycles. The summed E-state index contributed by atoms with van der Waals surface area (Å²) in [5.41, 5.74) is 0.520. The Morgan fingerprint density at radius 1 is 1.00 bits per heavy atom. The van der Waals surface area contributed by atoms with Crippen molar-refractivity contribution in [2.75, 3.05) is 18.9 Å². The first kappa shape index (κ1) is 20.5. The maximum Gasteiger partial charge on any atom is 0.312 e. The van der Waals surface area contributed by atoms with Gasteiger partial charge in [-0.3, -0.25) is 14.8 Å². The van der Waals surface area contributed by atoms with E-state index in [0.717, 1.165) is 11.6 Å². The number of hydrogen-bond acceptors (Lipinski definition) is 6. The maximum atomic E-state index is 12.8. The number of anilines is 1. The van der Waals surface area contributed by atoms with E-state index in [1.807, 2.05) is 26.8 Å². The minimum absolute atomic E-state index is 0.0220. The van der Waals surface area contributed by atoms with Crippen LogP contribution in [0.2, 0.25) is 0 Å². The monoisotopic (exact) mass is 394 g/mol. The Labute approximate surface area is 158 Å². The number of sulfonamides is 1. The van der Waals surface area contributed by atoms with E-state index >= 15 is 0 Å². The van der Waals surface area contributed by atoms with Gasteiger partial charge in [0, 0.05) is 6.07 Å². The Bertz CT molecular complexity index is 964. The van der Waals surface area contributed by atoms with E-state index in [2.05, 4.69) is 4.72 Å². The number of ether oxygens (including phenoxy) is 2. The third-order valence-corrected chi connectivity index (χ3v) is 5.33. The molecule has 0 spiro atoms. The van der Waals surface area contributed by atoms with Crippen LogP contribution in [0.4, 0.5) is 11.4 Å². The number of nitro groups is 1. The first-order valence-corrected chi connectivity index (χ1v) is 9.51. The van der Waals surface area contributed by atoms with Crippen molar-refractivity contribution in [1.29, 1.82) is 0 Å². The Morgan fingerprint density at radius 3 is 2.11 bits per heavy atom. The SMILES string of the molecule is COc1ccc(C(C)(C)C)cc1NS(=O)(=O)c1ccc(OC)c([N+](=O)[O-])c1. The molecule has 8 nitrogen and oxygen atoms in total. The third kappa shape index (κ3) is 4.48. The van der Waals surface area contributed by atoms with Gasteiger partial charge in [-0.2, -0.15) is 0 Å². The van der Waals surface area contributed by atoms with Crippen molar-refractivity contribution in [3.05, 3.63) is 52.1 Å². The van der Waals surface area contributed by atoms with Gasteiger partial charge in [0.15, 0.2) is 5.75 Å². The van der Waals surface area contributed by atoms with Crippen LogP contribution in [-0.2, 0) is 15.4 Å². The molecule has 9 heteroatoms. The highest BCUT2D eigenvalue weighted by Gasteiger charge is 2.24. The number of rotatable bonds is 6. The summed E-state index contributed by atoms with van der Waals surface area (Å²) in [6.45, 7) is 6.00. The van der Waals surface area contributed by atoms with Gasteiger partial charge in [0.2, 0.25) is 0 Å². The first-order valence-electron chi connectivity index (χ1n) is 8.03. The molecule has 2 aromatic rings. The van der Waals surface area contributed by atoms with Crippen molar-refractivity contribution in [3.63, 3.8) is 0 Å². The molecule has 0 heterocycles. The number of nitro benzene ring substituents is 1. The van der Waals surface area contributed by atoms with Crippen LogP contribution in [-0.4, -0.2) is 27.6 Å². The molecule has 0 fully saturated rings. The van der Waals surface area contributed by atoms with Gasteiger partial charge in [0.05, 0.1) is 29.7 Å². The average Bonchev–Trinajstić information content (AvgIpc) is 2.59. The summed E-state index contributed by atoms with van der Waals surface area (Å²) in [6, 6.07) is 8.67. The highest BCUT2D eigenvalue weighted by Crippen LogP contribution is 2.34. The summed E-state index contributed by atoms with van der Waals surface area (Å²) in [4.78, 5) is 10.2. The molecule has 0 atom stereocenters. The number of methoxy groups -OCH3 is 2. The number of hydrogen-bond donors (Lipinski definition) is 1. The van der Waals surface area contributed by atoms with E-state index in [1.54, 1.807) is 12.1 Å². The summed E-state index contributed by atoms with van der Waals surface area (Å²) in [7, 11) is -1.37. The molecule has 0 saturated carbocycles. The van der Waals surface area contributed by atoms with Gasteiger partial charge >= 0.3 is 5.69 Å². The van der Waals surface area contributed by atoms with Crippen LogP contribution in [0, 0.1) is 10.1 Å². The zero-order valence-electron chi connectivity index (χ0n) is 15.8. The molecular weight excluding hydrogens is 372 g/mol. The Kier molecular flexibility index (Phi) is 5.65. The fraction of sp³-hybridized carbons (Fsp3) is 0.333. The molecule has 0 aliphatic rings. The lowest BCUT2D eigenvalue weighted by Gasteiger charge is -2.21. The highest BCUT2D eigenvalue weighted by atomic mass is 32.2. The second kappa shape index (κ2) is 7.43. The first-order chi connectivity index (χ1) is 12.5. The van der Waals surface area contributed by atoms with E-state index in [-0.39, 0.29) is 21.7 Å². The number of nitrogens with one attached hydrogen (secondary N) is 1. The van der Waals surface area contributed by atoms with Gasteiger partial charge in [0.1, 0.15) is 5.75 Å². The maximum absolute atomic E-state index is 12.8. The molecule has 146 valence electrons. The second-order valence-electron chi connectivity index (χ2n) is 6.86. The quantitative estimate of drug-likeness (QED) is 0.591. The molecule has 0 saturated heterocycles. The molecule has 27 heavy (non-hydrogen) atoms. The van der Waals surface area contributed by atoms with Gasteiger partial charge in [0.25, 0.3) is 10.0 Å². The summed E-state index contributed by atoms with van der Waals surface area (Å²) < 4.78 is 38.1. The lowest BCUT2D eigenvalue weighted by atomic mass is 9.87. The Balaban J connectivity index is 2.50. The van der Waals surface area contributed by atoms with Crippen LogP contribution in [0.3, 0.4) is 0 Å². The molecule has 0 aliphatic heterocycles. The van der Waals surface area contributed by atoms with Crippen LogP contribution in [0.25, 0.3) is 0 Å². The smallest absolute Gasteiger partial charge is 0.312 e. The van der Waals surface area contributed by atoms with Gasteiger partial charge in [-0.1, -0.05) is 26.8 Å². The zero-order chi connectivity index (χ0) is 20.4. The van der Waals surface area contributed by atoms with Crippen molar-refractivity contribution in [2.45, 2.75) is 31.1 Å².